The molecule has 0 saturated carbocycles. The maximum Gasteiger partial charge on any atom is 0.306 e. The van der Waals surface area contributed by atoms with Gasteiger partial charge in [-0.1, -0.05) is 13.0 Å². The van der Waals surface area contributed by atoms with E-state index in [0.29, 0.717) is 6.42 Å². The first-order valence-corrected chi connectivity index (χ1v) is 7.16. The highest BCUT2D eigenvalue weighted by Crippen LogP contribution is 2.22. The Morgan fingerprint density at radius 2 is 1.76 bits per heavy atom. The molecule has 2 aromatic rings. The molecule has 1 N–H and O–H groups in total. The fourth-order valence-electron chi connectivity index (χ4n) is 2.69. The molecule has 0 spiro atoms. The Balaban J connectivity index is 2.45. The van der Waals surface area contributed by atoms with Crippen molar-refractivity contribution in [2.24, 2.45) is 5.92 Å². The van der Waals surface area contributed by atoms with Crippen molar-refractivity contribution in [3.63, 3.8) is 0 Å². The first-order valence-electron chi connectivity index (χ1n) is 7.16. The van der Waals surface area contributed by atoms with E-state index in [9.17, 15) is 4.79 Å². The molecule has 4 heteroatoms. The summed E-state index contributed by atoms with van der Waals surface area (Å²) in [6.07, 6.45) is 0.512. The smallest absolute Gasteiger partial charge is 0.306 e. The van der Waals surface area contributed by atoms with Gasteiger partial charge in [0, 0.05) is 5.69 Å². The standard InChI is InChI=1S/C17H22N2O2/c1-10-6-11(2)8-15(7-10)19-14(5)16(13(4)18-19)9-12(3)17(20)21/h6-8,12H,9H2,1-5H3,(H,20,21). The van der Waals surface area contributed by atoms with Gasteiger partial charge in [0.25, 0.3) is 0 Å². The van der Waals surface area contributed by atoms with Crippen LogP contribution in [0.5, 0.6) is 0 Å². The van der Waals surface area contributed by atoms with Crippen molar-refractivity contribution in [1.29, 1.82) is 0 Å². The molecule has 1 heterocycles. The second kappa shape index (κ2) is 5.72. The topological polar surface area (TPSA) is 55.1 Å². The van der Waals surface area contributed by atoms with E-state index in [1.165, 1.54) is 11.1 Å². The van der Waals surface area contributed by atoms with Gasteiger partial charge in [0.05, 0.1) is 17.3 Å². The molecule has 0 aliphatic heterocycles. The number of aromatic nitrogens is 2. The third kappa shape index (κ3) is 3.15. The SMILES string of the molecule is Cc1cc(C)cc(-n2nc(C)c(CC(C)C(=O)O)c2C)c1. The van der Waals surface area contributed by atoms with Crippen molar-refractivity contribution in [3.05, 3.63) is 46.3 Å². The Hall–Kier alpha value is -2.10. The molecular formula is C17H22N2O2. The van der Waals surface area contributed by atoms with E-state index in [1.807, 2.05) is 18.5 Å². The summed E-state index contributed by atoms with van der Waals surface area (Å²) < 4.78 is 1.92. The number of nitrogens with zero attached hydrogens (tertiary/aromatic N) is 2. The average Bonchev–Trinajstić information content (AvgIpc) is 2.65. The van der Waals surface area contributed by atoms with Gasteiger partial charge in [-0.15, -0.1) is 0 Å². The van der Waals surface area contributed by atoms with Crippen LogP contribution in [0.1, 0.15) is 35.0 Å². The van der Waals surface area contributed by atoms with E-state index in [-0.39, 0.29) is 0 Å². The van der Waals surface area contributed by atoms with Crippen LogP contribution in [-0.2, 0) is 11.2 Å². The molecule has 1 atom stereocenters. The van der Waals surface area contributed by atoms with Gasteiger partial charge in [-0.25, -0.2) is 4.68 Å². The third-order valence-corrected chi connectivity index (χ3v) is 3.82. The number of hydrogen-bond donors (Lipinski definition) is 1. The van der Waals surface area contributed by atoms with Gasteiger partial charge in [-0.3, -0.25) is 4.79 Å². The van der Waals surface area contributed by atoms with Crippen LogP contribution in [-0.4, -0.2) is 20.9 Å². The lowest BCUT2D eigenvalue weighted by atomic mass is 10.00. The number of aliphatic carboxylic acids is 1. The Morgan fingerprint density at radius 3 is 2.29 bits per heavy atom. The highest BCUT2D eigenvalue weighted by Gasteiger charge is 2.19. The number of hydrogen-bond acceptors (Lipinski definition) is 2. The van der Waals surface area contributed by atoms with Crippen molar-refractivity contribution in [2.75, 3.05) is 0 Å². The van der Waals surface area contributed by atoms with Crippen LogP contribution in [0.2, 0.25) is 0 Å². The molecule has 112 valence electrons. The summed E-state index contributed by atoms with van der Waals surface area (Å²) in [6.45, 7) is 9.80. The van der Waals surface area contributed by atoms with E-state index < -0.39 is 11.9 Å². The first kappa shape index (κ1) is 15.3. The van der Waals surface area contributed by atoms with Crippen LogP contribution in [0.25, 0.3) is 5.69 Å². The van der Waals surface area contributed by atoms with Gasteiger partial charge in [0.15, 0.2) is 0 Å². The fourth-order valence-corrected chi connectivity index (χ4v) is 2.69. The monoisotopic (exact) mass is 286 g/mol. The van der Waals surface area contributed by atoms with E-state index in [2.05, 4.69) is 37.1 Å². The fraction of sp³-hybridized carbons (Fsp3) is 0.412. The summed E-state index contributed by atoms with van der Waals surface area (Å²) in [7, 11) is 0. The molecule has 0 bridgehead atoms. The van der Waals surface area contributed by atoms with Gasteiger partial charge in [-0.2, -0.15) is 5.10 Å². The highest BCUT2D eigenvalue weighted by atomic mass is 16.4. The number of benzene rings is 1. The molecule has 2 rings (SSSR count). The molecule has 4 nitrogen and oxygen atoms in total. The van der Waals surface area contributed by atoms with E-state index in [1.54, 1.807) is 6.92 Å². The Bertz CT molecular complexity index is 666. The molecule has 0 saturated heterocycles. The highest BCUT2D eigenvalue weighted by molar-refractivity contribution is 5.70. The summed E-state index contributed by atoms with van der Waals surface area (Å²) >= 11 is 0. The quantitative estimate of drug-likeness (QED) is 0.937. The minimum absolute atomic E-state index is 0.403. The largest absolute Gasteiger partial charge is 0.481 e. The zero-order chi connectivity index (χ0) is 15.7. The summed E-state index contributed by atoms with van der Waals surface area (Å²) in [5, 5.41) is 13.7. The number of aryl methyl sites for hydroxylation is 3. The lowest BCUT2D eigenvalue weighted by Crippen LogP contribution is -2.13. The molecule has 1 aromatic carbocycles. The maximum atomic E-state index is 11.1. The summed E-state index contributed by atoms with van der Waals surface area (Å²) in [5.74, 6) is -1.17. The van der Waals surface area contributed by atoms with Crippen LogP contribution < -0.4 is 0 Å². The van der Waals surface area contributed by atoms with Crippen LogP contribution in [0.3, 0.4) is 0 Å². The molecule has 1 unspecified atom stereocenters. The number of rotatable bonds is 4. The van der Waals surface area contributed by atoms with Gasteiger partial charge in [0.2, 0.25) is 0 Å². The van der Waals surface area contributed by atoms with Crippen molar-refractivity contribution in [1.82, 2.24) is 9.78 Å². The van der Waals surface area contributed by atoms with Crippen LogP contribution in [0.4, 0.5) is 0 Å². The van der Waals surface area contributed by atoms with Crippen LogP contribution >= 0.6 is 0 Å². The average molecular weight is 286 g/mol. The second-order valence-corrected chi connectivity index (χ2v) is 5.85. The second-order valence-electron chi connectivity index (χ2n) is 5.85. The molecule has 0 amide bonds. The van der Waals surface area contributed by atoms with Gasteiger partial charge >= 0.3 is 5.97 Å². The lowest BCUT2D eigenvalue weighted by Gasteiger charge is -2.09. The van der Waals surface area contributed by atoms with Crippen LogP contribution in [0, 0.1) is 33.6 Å². The number of carbonyl (C=O) groups is 1. The van der Waals surface area contributed by atoms with Crippen molar-refractivity contribution < 1.29 is 9.90 Å². The van der Waals surface area contributed by atoms with E-state index in [0.717, 1.165) is 22.6 Å². The van der Waals surface area contributed by atoms with Crippen molar-refractivity contribution in [2.45, 2.75) is 41.0 Å². The minimum atomic E-state index is -0.770. The maximum absolute atomic E-state index is 11.1. The number of carboxylic acid groups (broad SMARTS) is 1. The molecule has 0 aliphatic rings. The zero-order valence-electron chi connectivity index (χ0n) is 13.3. The molecule has 0 aliphatic carbocycles. The summed E-state index contributed by atoms with van der Waals surface area (Å²) in [4.78, 5) is 11.1. The third-order valence-electron chi connectivity index (χ3n) is 3.82. The van der Waals surface area contributed by atoms with Gasteiger partial charge in [0.1, 0.15) is 0 Å². The summed E-state index contributed by atoms with van der Waals surface area (Å²) in [5.41, 5.74) is 6.37. The van der Waals surface area contributed by atoms with E-state index in [4.69, 9.17) is 5.11 Å². The van der Waals surface area contributed by atoms with Crippen LogP contribution in [0.15, 0.2) is 18.2 Å². The Morgan fingerprint density at radius 1 is 1.19 bits per heavy atom. The first-order chi connectivity index (χ1) is 9.79. The lowest BCUT2D eigenvalue weighted by molar-refractivity contribution is -0.141. The number of carboxylic acids is 1. The predicted octanol–water partition coefficient (Wildman–Crippen LogP) is 3.37. The molecule has 21 heavy (non-hydrogen) atoms. The van der Waals surface area contributed by atoms with Crippen molar-refractivity contribution >= 4 is 5.97 Å². The van der Waals surface area contributed by atoms with Gasteiger partial charge in [-0.05, 0) is 62.9 Å². The molecule has 0 fully saturated rings. The summed E-state index contributed by atoms with van der Waals surface area (Å²) in [6, 6.07) is 6.32. The Labute approximate surface area is 125 Å². The predicted molar refractivity (Wildman–Crippen MR) is 83.0 cm³/mol. The normalized spacial score (nSPS) is 12.4. The van der Waals surface area contributed by atoms with Gasteiger partial charge < -0.3 is 5.11 Å². The van der Waals surface area contributed by atoms with Crippen molar-refractivity contribution in [3.8, 4) is 5.69 Å². The minimum Gasteiger partial charge on any atom is -0.481 e. The molecule has 1 aromatic heterocycles. The molecule has 0 radical (unpaired) electrons. The molecular weight excluding hydrogens is 264 g/mol. The van der Waals surface area contributed by atoms with E-state index >= 15 is 0 Å². The zero-order valence-corrected chi connectivity index (χ0v) is 13.3. The Kier molecular flexibility index (Phi) is 4.16.